The molecule has 5 nitrogen and oxygen atoms in total. The van der Waals surface area contributed by atoms with Gasteiger partial charge in [-0.15, -0.1) is 0 Å². The molecule has 1 aliphatic carbocycles. The number of rotatable bonds is 7. The molecule has 0 amide bonds. The first-order chi connectivity index (χ1) is 13.8. The lowest BCUT2D eigenvalue weighted by atomic mass is 9.94. The van der Waals surface area contributed by atoms with E-state index in [1.165, 1.54) is 12.1 Å². The van der Waals surface area contributed by atoms with Gasteiger partial charge in [0.2, 0.25) is 0 Å². The minimum absolute atomic E-state index is 0.279. The number of hydrogen-bond donors (Lipinski definition) is 2. The summed E-state index contributed by atoms with van der Waals surface area (Å²) < 4.78 is 44.5. The zero-order valence-corrected chi connectivity index (χ0v) is 17.0. The van der Waals surface area contributed by atoms with Crippen molar-refractivity contribution in [1.82, 2.24) is 15.8 Å². The second-order valence-corrected chi connectivity index (χ2v) is 7.38. The summed E-state index contributed by atoms with van der Waals surface area (Å²) in [5, 5.41) is 10.6. The highest BCUT2D eigenvalue weighted by molar-refractivity contribution is 5.79. The Balaban J connectivity index is 1.64. The van der Waals surface area contributed by atoms with Gasteiger partial charge in [0.25, 0.3) is 0 Å². The first kappa shape index (κ1) is 21.2. The molecule has 8 heteroatoms. The molecule has 1 aromatic heterocycles. The highest BCUT2D eigenvalue weighted by atomic mass is 19.4. The number of alkyl halides is 3. The largest absolute Gasteiger partial charge is 0.416 e. The van der Waals surface area contributed by atoms with Crippen molar-refractivity contribution in [3.05, 3.63) is 52.4 Å². The first-order valence-electron chi connectivity index (χ1n) is 9.91. The van der Waals surface area contributed by atoms with Crippen LogP contribution >= 0.6 is 0 Å². The van der Waals surface area contributed by atoms with Crippen molar-refractivity contribution in [1.29, 1.82) is 0 Å². The van der Waals surface area contributed by atoms with E-state index in [-0.39, 0.29) is 5.41 Å². The van der Waals surface area contributed by atoms with E-state index in [0.717, 1.165) is 54.3 Å². The third-order valence-corrected chi connectivity index (χ3v) is 5.51. The average molecular weight is 408 g/mol. The molecule has 2 N–H and O–H groups in total. The van der Waals surface area contributed by atoms with Gasteiger partial charge < -0.3 is 15.2 Å². The second-order valence-electron chi connectivity index (χ2n) is 7.38. The van der Waals surface area contributed by atoms with Crippen LogP contribution in [0.4, 0.5) is 13.2 Å². The Morgan fingerprint density at radius 1 is 1.21 bits per heavy atom. The summed E-state index contributed by atoms with van der Waals surface area (Å²) in [5.74, 6) is 1.46. The molecular weight excluding hydrogens is 381 g/mol. The smallest absolute Gasteiger partial charge is 0.361 e. The molecule has 0 spiro atoms. The number of aliphatic imine (C=N–C) groups is 1. The van der Waals surface area contributed by atoms with Crippen molar-refractivity contribution in [3.8, 4) is 0 Å². The van der Waals surface area contributed by atoms with E-state index < -0.39 is 11.7 Å². The van der Waals surface area contributed by atoms with Crippen LogP contribution in [-0.4, -0.2) is 24.7 Å². The molecule has 1 aromatic carbocycles. The van der Waals surface area contributed by atoms with E-state index in [0.29, 0.717) is 19.0 Å². The van der Waals surface area contributed by atoms with Gasteiger partial charge in [-0.25, -0.2) is 0 Å². The van der Waals surface area contributed by atoms with Gasteiger partial charge in [-0.3, -0.25) is 4.99 Å². The van der Waals surface area contributed by atoms with Crippen molar-refractivity contribution in [2.75, 3.05) is 13.6 Å². The number of benzene rings is 1. The number of nitrogens with zero attached hydrogens (tertiary/aromatic N) is 2. The lowest BCUT2D eigenvalue weighted by Crippen LogP contribution is -2.41. The monoisotopic (exact) mass is 408 g/mol. The highest BCUT2D eigenvalue weighted by Crippen LogP contribution is 2.48. The minimum atomic E-state index is -4.33. The van der Waals surface area contributed by atoms with Crippen LogP contribution < -0.4 is 10.6 Å². The normalized spacial score (nSPS) is 16.0. The average Bonchev–Trinajstić information content (AvgIpc) is 3.40. The van der Waals surface area contributed by atoms with Gasteiger partial charge in [-0.2, -0.15) is 13.2 Å². The maximum atomic E-state index is 13.0. The van der Waals surface area contributed by atoms with Gasteiger partial charge in [0, 0.05) is 37.5 Å². The van der Waals surface area contributed by atoms with Gasteiger partial charge in [-0.1, -0.05) is 37.2 Å². The molecule has 3 rings (SSSR count). The molecule has 1 heterocycles. The standard InChI is InChI=1S/C21H27F3N4O/c1-4-17-16(18(5-2)29-28-17)12-26-19(25-3)27-13-20(9-10-20)14-7-6-8-15(11-14)21(22,23)24/h6-8,11H,4-5,9-10,12-13H2,1-3H3,(H2,25,26,27). The number of halogens is 3. The van der Waals surface area contributed by atoms with Crippen LogP contribution in [0.1, 0.15) is 54.8 Å². The molecule has 0 aliphatic heterocycles. The molecular formula is C21H27F3N4O. The molecule has 0 atom stereocenters. The Hall–Kier alpha value is -2.51. The predicted octanol–water partition coefficient (Wildman–Crippen LogP) is 4.22. The van der Waals surface area contributed by atoms with Crippen molar-refractivity contribution in [2.24, 2.45) is 4.99 Å². The van der Waals surface area contributed by atoms with E-state index in [1.807, 2.05) is 13.8 Å². The molecule has 0 saturated heterocycles. The Kier molecular flexibility index (Phi) is 6.19. The topological polar surface area (TPSA) is 62.5 Å². The summed E-state index contributed by atoms with van der Waals surface area (Å²) in [7, 11) is 1.67. The van der Waals surface area contributed by atoms with Crippen molar-refractivity contribution in [2.45, 2.75) is 57.7 Å². The zero-order chi connectivity index (χ0) is 21.1. The fraction of sp³-hybridized carbons (Fsp3) is 0.524. The molecule has 1 saturated carbocycles. The minimum Gasteiger partial charge on any atom is -0.361 e. The molecule has 1 fully saturated rings. The predicted molar refractivity (Wildman–Crippen MR) is 106 cm³/mol. The highest BCUT2D eigenvalue weighted by Gasteiger charge is 2.45. The zero-order valence-electron chi connectivity index (χ0n) is 17.0. The van der Waals surface area contributed by atoms with Gasteiger partial charge in [0.15, 0.2) is 5.96 Å². The van der Waals surface area contributed by atoms with Gasteiger partial charge in [0.1, 0.15) is 5.76 Å². The third kappa shape index (κ3) is 4.74. The molecule has 158 valence electrons. The van der Waals surface area contributed by atoms with E-state index >= 15 is 0 Å². The van der Waals surface area contributed by atoms with Crippen molar-refractivity contribution < 1.29 is 17.7 Å². The first-order valence-corrected chi connectivity index (χ1v) is 9.91. The Labute approximate surface area is 168 Å². The Bertz CT molecular complexity index is 848. The summed E-state index contributed by atoms with van der Waals surface area (Å²) >= 11 is 0. The van der Waals surface area contributed by atoms with Crippen LogP contribution in [0.15, 0.2) is 33.8 Å². The van der Waals surface area contributed by atoms with E-state index in [1.54, 1.807) is 13.1 Å². The SMILES string of the molecule is CCc1noc(CC)c1CNC(=NC)NCC1(c2cccc(C(F)(F)F)c2)CC1. The lowest BCUT2D eigenvalue weighted by molar-refractivity contribution is -0.137. The third-order valence-electron chi connectivity index (χ3n) is 5.51. The van der Waals surface area contributed by atoms with Crippen LogP contribution in [-0.2, 0) is 31.0 Å². The van der Waals surface area contributed by atoms with E-state index in [9.17, 15) is 13.2 Å². The molecule has 0 bridgehead atoms. The van der Waals surface area contributed by atoms with Crippen LogP contribution in [0.2, 0.25) is 0 Å². The van der Waals surface area contributed by atoms with Crippen LogP contribution in [0.25, 0.3) is 0 Å². The summed E-state index contributed by atoms with van der Waals surface area (Å²) in [6.45, 7) is 5.10. The number of guanidine groups is 1. The second kappa shape index (κ2) is 8.47. The maximum Gasteiger partial charge on any atom is 0.416 e. The number of hydrogen-bond acceptors (Lipinski definition) is 3. The summed E-state index contributed by atoms with van der Waals surface area (Å²) in [6, 6.07) is 5.64. The van der Waals surface area contributed by atoms with Crippen LogP contribution in [0.3, 0.4) is 0 Å². The van der Waals surface area contributed by atoms with E-state index in [2.05, 4.69) is 20.8 Å². The molecule has 2 aromatic rings. The lowest BCUT2D eigenvalue weighted by Gasteiger charge is -2.20. The quantitative estimate of drug-likeness (QED) is 0.532. The number of aromatic nitrogens is 1. The fourth-order valence-corrected chi connectivity index (χ4v) is 3.53. The molecule has 1 aliphatic rings. The Morgan fingerprint density at radius 3 is 2.55 bits per heavy atom. The molecule has 29 heavy (non-hydrogen) atoms. The van der Waals surface area contributed by atoms with Gasteiger partial charge >= 0.3 is 6.18 Å². The summed E-state index contributed by atoms with van der Waals surface area (Å²) in [4.78, 5) is 4.24. The van der Waals surface area contributed by atoms with Crippen LogP contribution in [0, 0.1) is 0 Å². The van der Waals surface area contributed by atoms with Gasteiger partial charge in [0.05, 0.1) is 11.3 Å². The van der Waals surface area contributed by atoms with Gasteiger partial charge in [-0.05, 0) is 30.9 Å². The van der Waals surface area contributed by atoms with Crippen LogP contribution in [0.5, 0.6) is 0 Å². The maximum absolute atomic E-state index is 13.0. The van der Waals surface area contributed by atoms with E-state index in [4.69, 9.17) is 4.52 Å². The fourth-order valence-electron chi connectivity index (χ4n) is 3.53. The summed E-state index contributed by atoms with van der Waals surface area (Å²) in [5.41, 5.74) is 1.80. The summed E-state index contributed by atoms with van der Waals surface area (Å²) in [6.07, 6.45) is -1.09. The van der Waals surface area contributed by atoms with Crippen molar-refractivity contribution >= 4 is 5.96 Å². The molecule has 0 radical (unpaired) electrons. The number of nitrogens with one attached hydrogen (secondary N) is 2. The van der Waals surface area contributed by atoms with Crippen molar-refractivity contribution in [3.63, 3.8) is 0 Å². The number of aryl methyl sites for hydroxylation is 2. The Morgan fingerprint density at radius 2 is 1.97 bits per heavy atom. The molecule has 0 unspecified atom stereocenters.